The Morgan fingerprint density at radius 2 is 2.15 bits per heavy atom. The minimum atomic E-state index is 0.464. The van der Waals surface area contributed by atoms with E-state index in [2.05, 4.69) is 25.1 Å². The van der Waals surface area contributed by atoms with Gasteiger partial charge in [-0.2, -0.15) is 0 Å². The summed E-state index contributed by atoms with van der Waals surface area (Å²) in [4.78, 5) is 0. The summed E-state index contributed by atoms with van der Waals surface area (Å²) in [5.41, 5.74) is 0.979. The third-order valence-corrected chi connectivity index (χ3v) is 2.90. The first-order valence-electron chi connectivity index (χ1n) is 6.71. The third kappa shape index (κ3) is 5.32. The van der Waals surface area contributed by atoms with Crippen LogP contribution in [0.3, 0.4) is 0 Å². The minimum Gasteiger partial charge on any atom is -0.493 e. The van der Waals surface area contributed by atoms with Gasteiger partial charge in [0.15, 0.2) is 11.5 Å². The zero-order valence-electron chi connectivity index (χ0n) is 12.3. The molecule has 0 atom stereocenters. The number of nitrogens with one attached hydrogen (secondary N) is 1. The van der Waals surface area contributed by atoms with Crippen LogP contribution in [0.1, 0.15) is 25.8 Å². The Morgan fingerprint density at radius 1 is 1.40 bits per heavy atom. The number of hydrogen-bond donors (Lipinski definition) is 1. The van der Waals surface area contributed by atoms with E-state index in [1.165, 1.54) is 0 Å². The van der Waals surface area contributed by atoms with Gasteiger partial charge in [0.1, 0.15) is 0 Å². The Balaban J connectivity index is 2.87. The van der Waals surface area contributed by atoms with Crippen molar-refractivity contribution in [2.24, 2.45) is 5.92 Å². The lowest BCUT2D eigenvalue weighted by molar-refractivity contribution is 0.297. The second kappa shape index (κ2) is 8.73. The van der Waals surface area contributed by atoms with E-state index >= 15 is 0 Å². The van der Waals surface area contributed by atoms with E-state index < -0.39 is 0 Å². The van der Waals surface area contributed by atoms with E-state index in [1.807, 2.05) is 6.07 Å². The minimum absolute atomic E-state index is 0.464. The van der Waals surface area contributed by atoms with E-state index in [4.69, 9.17) is 27.5 Å². The van der Waals surface area contributed by atoms with Crippen molar-refractivity contribution in [1.29, 1.82) is 0 Å². The molecule has 1 aromatic carbocycles. The molecule has 0 aliphatic rings. The molecular formula is C16H22ClNO2. The van der Waals surface area contributed by atoms with Crippen molar-refractivity contribution in [3.8, 4) is 23.8 Å². The number of benzene rings is 1. The summed E-state index contributed by atoms with van der Waals surface area (Å²) in [6.45, 7) is 6.40. The lowest BCUT2D eigenvalue weighted by Crippen LogP contribution is -2.19. The van der Waals surface area contributed by atoms with E-state index in [9.17, 15) is 0 Å². The van der Waals surface area contributed by atoms with Gasteiger partial charge < -0.3 is 14.8 Å². The van der Waals surface area contributed by atoms with Crippen LogP contribution in [0.2, 0.25) is 5.02 Å². The highest BCUT2D eigenvalue weighted by Crippen LogP contribution is 2.34. The fraction of sp³-hybridized carbons (Fsp3) is 0.500. The first-order chi connectivity index (χ1) is 9.58. The van der Waals surface area contributed by atoms with Crippen molar-refractivity contribution in [1.82, 2.24) is 5.32 Å². The molecule has 0 bridgehead atoms. The molecule has 1 N–H and O–H groups in total. The lowest BCUT2D eigenvalue weighted by Gasteiger charge is -2.16. The van der Waals surface area contributed by atoms with Crippen LogP contribution in [0.25, 0.3) is 0 Å². The fourth-order valence-electron chi connectivity index (χ4n) is 1.78. The molecule has 0 heterocycles. The van der Waals surface area contributed by atoms with Gasteiger partial charge in [-0.25, -0.2) is 0 Å². The lowest BCUT2D eigenvalue weighted by atomic mass is 10.1. The molecule has 0 aliphatic heterocycles. The molecule has 0 saturated heterocycles. The van der Waals surface area contributed by atoms with Gasteiger partial charge in [-0.3, -0.25) is 0 Å². The molecule has 3 nitrogen and oxygen atoms in total. The average molecular weight is 296 g/mol. The van der Waals surface area contributed by atoms with Crippen LogP contribution in [0.5, 0.6) is 11.5 Å². The number of ether oxygens (including phenoxy) is 2. The molecule has 0 saturated carbocycles. The SMILES string of the molecule is C#CCCOc1c(CNCC(C)C)cc(Cl)cc1OC. The molecule has 0 amide bonds. The standard InChI is InChI=1S/C16H22ClNO2/c1-5-6-7-20-16-13(11-18-10-12(2)3)8-14(17)9-15(16)19-4/h1,8-9,12,18H,6-7,10-11H2,2-4H3. The Morgan fingerprint density at radius 3 is 2.75 bits per heavy atom. The van der Waals surface area contributed by atoms with Gasteiger partial charge in [0.2, 0.25) is 0 Å². The maximum absolute atomic E-state index is 6.11. The van der Waals surface area contributed by atoms with Crippen molar-refractivity contribution in [2.75, 3.05) is 20.3 Å². The van der Waals surface area contributed by atoms with Gasteiger partial charge in [-0.15, -0.1) is 12.3 Å². The van der Waals surface area contributed by atoms with Crippen LogP contribution in [0, 0.1) is 18.3 Å². The monoisotopic (exact) mass is 295 g/mol. The predicted octanol–water partition coefficient (Wildman–Crippen LogP) is 3.50. The maximum Gasteiger partial charge on any atom is 0.165 e. The molecule has 1 aromatic rings. The van der Waals surface area contributed by atoms with E-state index in [0.717, 1.165) is 12.1 Å². The molecule has 0 radical (unpaired) electrons. The van der Waals surface area contributed by atoms with Gasteiger partial charge in [-0.1, -0.05) is 25.4 Å². The normalized spacial score (nSPS) is 10.4. The molecule has 0 aromatic heterocycles. The Bertz CT molecular complexity index is 466. The first-order valence-corrected chi connectivity index (χ1v) is 7.09. The number of terminal acetylenes is 1. The summed E-state index contributed by atoms with van der Waals surface area (Å²) in [7, 11) is 1.60. The smallest absolute Gasteiger partial charge is 0.165 e. The van der Waals surface area contributed by atoms with E-state index in [0.29, 0.717) is 42.0 Å². The average Bonchev–Trinajstić information content (AvgIpc) is 2.40. The second-order valence-electron chi connectivity index (χ2n) is 4.92. The van der Waals surface area contributed by atoms with Crippen LogP contribution in [-0.4, -0.2) is 20.3 Å². The second-order valence-corrected chi connectivity index (χ2v) is 5.36. The molecule has 4 heteroatoms. The van der Waals surface area contributed by atoms with Crippen molar-refractivity contribution >= 4 is 11.6 Å². The number of halogens is 1. The quantitative estimate of drug-likeness (QED) is 0.588. The highest BCUT2D eigenvalue weighted by atomic mass is 35.5. The van der Waals surface area contributed by atoms with E-state index in [1.54, 1.807) is 13.2 Å². The Labute approximate surface area is 126 Å². The van der Waals surface area contributed by atoms with Gasteiger partial charge in [-0.05, 0) is 18.5 Å². The van der Waals surface area contributed by atoms with Gasteiger partial charge >= 0.3 is 0 Å². The zero-order valence-corrected chi connectivity index (χ0v) is 13.1. The molecule has 1 rings (SSSR count). The van der Waals surface area contributed by atoms with Crippen molar-refractivity contribution in [3.63, 3.8) is 0 Å². The van der Waals surface area contributed by atoms with Crippen LogP contribution >= 0.6 is 11.6 Å². The number of rotatable bonds is 8. The van der Waals surface area contributed by atoms with Crippen molar-refractivity contribution < 1.29 is 9.47 Å². The summed E-state index contributed by atoms with van der Waals surface area (Å²) in [5.74, 6) is 4.49. The van der Waals surface area contributed by atoms with Crippen molar-refractivity contribution in [3.05, 3.63) is 22.7 Å². The van der Waals surface area contributed by atoms with E-state index in [-0.39, 0.29) is 0 Å². The summed E-state index contributed by atoms with van der Waals surface area (Å²) in [6, 6.07) is 3.64. The van der Waals surface area contributed by atoms with Crippen LogP contribution in [0.15, 0.2) is 12.1 Å². The molecule has 0 spiro atoms. The van der Waals surface area contributed by atoms with Crippen molar-refractivity contribution in [2.45, 2.75) is 26.8 Å². The number of methoxy groups -OCH3 is 1. The fourth-order valence-corrected chi connectivity index (χ4v) is 2.01. The largest absolute Gasteiger partial charge is 0.493 e. The Kier molecular flexibility index (Phi) is 7.28. The number of hydrogen-bond acceptors (Lipinski definition) is 3. The van der Waals surface area contributed by atoms with Crippen LogP contribution < -0.4 is 14.8 Å². The molecular weight excluding hydrogens is 274 g/mol. The topological polar surface area (TPSA) is 30.5 Å². The summed E-state index contributed by atoms with van der Waals surface area (Å²) in [6.07, 6.45) is 5.80. The first kappa shape index (κ1) is 16.7. The van der Waals surface area contributed by atoms with Crippen LogP contribution in [-0.2, 0) is 6.54 Å². The molecule has 0 fully saturated rings. The van der Waals surface area contributed by atoms with Crippen LogP contribution in [0.4, 0.5) is 0 Å². The molecule has 110 valence electrons. The highest BCUT2D eigenvalue weighted by Gasteiger charge is 2.12. The summed E-state index contributed by atoms with van der Waals surface area (Å²) in [5, 5.41) is 4.01. The highest BCUT2D eigenvalue weighted by molar-refractivity contribution is 6.30. The van der Waals surface area contributed by atoms with Gasteiger partial charge in [0.25, 0.3) is 0 Å². The summed E-state index contributed by atoms with van der Waals surface area (Å²) >= 11 is 6.11. The third-order valence-electron chi connectivity index (χ3n) is 2.68. The molecule has 0 unspecified atom stereocenters. The van der Waals surface area contributed by atoms with Gasteiger partial charge in [0, 0.05) is 29.6 Å². The molecule has 20 heavy (non-hydrogen) atoms. The summed E-state index contributed by atoms with van der Waals surface area (Å²) < 4.78 is 11.1. The Hall–Kier alpha value is -1.37. The molecule has 0 aliphatic carbocycles. The van der Waals surface area contributed by atoms with Gasteiger partial charge in [0.05, 0.1) is 13.7 Å². The zero-order chi connectivity index (χ0) is 15.0. The predicted molar refractivity (Wildman–Crippen MR) is 83.5 cm³/mol. The maximum atomic E-state index is 6.11.